The lowest BCUT2D eigenvalue weighted by Gasteiger charge is -2.25. The van der Waals surface area contributed by atoms with E-state index in [0.29, 0.717) is 6.42 Å². The number of hydrogen-bond donors (Lipinski definition) is 3. The van der Waals surface area contributed by atoms with Gasteiger partial charge in [0.25, 0.3) is 0 Å². The summed E-state index contributed by atoms with van der Waals surface area (Å²) < 4.78 is 0. The summed E-state index contributed by atoms with van der Waals surface area (Å²) in [7, 11) is 0. The molecule has 0 aliphatic carbocycles. The lowest BCUT2D eigenvalue weighted by atomic mass is 10.0. The summed E-state index contributed by atoms with van der Waals surface area (Å²) in [5.41, 5.74) is 0.871. The summed E-state index contributed by atoms with van der Waals surface area (Å²) >= 11 is 1.20. The maximum absolute atomic E-state index is 11.4. The molecule has 1 aromatic rings. The standard InChI is InChI=1S/C16H23NO4S/c1-10(2)9-13(16(20)21)17-14(22-11(3)15(18)19)12-7-5-4-6-8-12/h4-8,10-11,13-14,17H,9H2,1-3H3,(H,18,19)(H,20,21)/t11-,13+,14?/m1/s1. The first-order valence-electron chi connectivity index (χ1n) is 7.23. The molecule has 5 nitrogen and oxygen atoms in total. The molecule has 0 amide bonds. The Morgan fingerprint density at radius 3 is 2.14 bits per heavy atom. The molecule has 1 rings (SSSR count). The molecule has 0 aliphatic rings. The van der Waals surface area contributed by atoms with Gasteiger partial charge in [-0.3, -0.25) is 14.9 Å². The predicted molar refractivity (Wildman–Crippen MR) is 87.9 cm³/mol. The van der Waals surface area contributed by atoms with Crippen LogP contribution in [-0.4, -0.2) is 33.4 Å². The second-order valence-electron chi connectivity index (χ2n) is 5.59. The molecule has 0 saturated heterocycles. The van der Waals surface area contributed by atoms with Crippen LogP contribution in [0.25, 0.3) is 0 Å². The van der Waals surface area contributed by atoms with Crippen molar-refractivity contribution in [3.05, 3.63) is 35.9 Å². The Hall–Kier alpha value is -1.53. The number of carboxylic acid groups (broad SMARTS) is 2. The van der Waals surface area contributed by atoms with Gasteiger partial charge in [0, 0.05) is 0 Å². The minimum absolute atomic E-state index is 0.229. The Morgan fingerprint density at radius 1 is 1.09 bits per heavy atom. The molecule has 0 radical (unpaired) electrons. The van der Waals surface area contributed by atoms with Gasteiger partial charge in [-0.2, -0.15) is 0 Å². The summed E-state index contributed by atoms with van der Waals surface area (Å²) in [4.78, 5) is 22.5. The number of rotatable bonds is 9. The third-order valence-electron chi connectivity index (χ3n) is 3.15. The number of hydrogen-bond acceptors (Lipinski definition) is 4. The summed E-state index contributed by atoms with van der Waals surface area (Å²) in [6.07, 6.45) is 0.487. The number of carboxylic acids is 2. The van der Waals surface area contributed by atoms with Crippen LogP contribution >= 0.6 is 11.8 Å². The van der Waals surface area contributed by atoms with Crippen LogP contribution in [0.15, 0.2) is 30.3 Å². The number of carbonyl (C=O) groups is 2. The van der Waals surface area contributed by atoms with E-state index in [2.05, 4.69) is 5.32 Å². The van der Waals surface area contributed by atoms with Crippen molar-refractivity contribution in [2.24, 2.45) is 5.92 Å². The molecule has 0 aliphatic heterocycles. The van der Waals surface area contributed by atoms with Gasteiger partial charge >= 0.3 is 11.9 Å². The van der Waals surface area contributed by atoms with Crippen molar-refractivity contribution in [3.8, 4) is 0 Å². The fourth-order valence-corrected chi connectivity index (χ4v) is 3.08. The Labute approximate surface area is 135 Å². The average Bonchev–Trinajstić information content (AvgIpc) is 2.45. The summed E-state index contributed by atoms with van der Waals surface area (Å²) in [6, 6.07) is 8.61. The first-order chi connectivity index (χ1) is 10.3. The van der Waals surface area contributed by atoms with Crippen LogP contribution in [0.4, 0.5) is 0 Å². The highest BCUT2D eigenvalue weighted by Crippen LogP contribution is 2.31. The summed E-state index contributed by atoms with van der Waals surface area (Å²) in [6.45, 7) is 5.52. The fraction of sp³-hybridized carbons (Fsp3) is 0.500. The van der Waals surface area contributed by atoms with Crippen molar-refractivity contribution in [1.82, 2.24) is 5.32 Å². The topological polar surface area (TPSA) is 86.6 Å². The van der Waals surface area contributed by atoms with E-state index in [-0.39, 0.29) is 11.3 Å². The molecule has 0 heterocycles. The van der Waals surface area contributed by atoms with Gasteiger partial charge in [0.05, 0.1) is 5.37 Å². The molecule has 1 unspecified atom stereocenters. The van der Waals surface area contributed by atoms with E-state index in [0.717, 1.165) is 5.56 Å². The van der Waals surface area contributed by atoms with E-state index in [4.69, 9.17) is 5.11 Å². The Kier molecular flexibility index (Phi) is 7.41. The highest BCUT2D eigenvalue weighted by molar-refractivity contribution is 8.00. The summed E-state index contributed by atoms with van der Waals surface area (Å²) in [5, 5.41) is 20.5. The monoisotopic (exact) mass is 325 g/mol. The van der Waals surface area contributed by atoms with Crippen molar-refractivity contribution in [3.63, 3.8) is 0 Å². The van der Waals surface area contributed by atoms with E-state index in [1.807, 2.05) is 44.2 Å². The van der Waals surface area contributed by atoms with Crippen LogP contribution in [-0.2, 0) is 9.59 Å². The largest absolute Gasteiger partial charge is 0.480 e. The molecule has 22 heavy (non-hydrogen) atoms. The predicted octanol–water partition coefficient (Wildman–Crippen LogP) is 2.98. The van der Waals surface area contributed by atoms with E-state index in [1.54, 1.807) is 6.92 Å². The van der Waals surface area contributed by atoms with Crippen molar-refractivity contribution < 1.29 is 19.8 Å². The van der Waals surface area contributed by atoms with Crippen LogP contribution in [0, 0.1) is 5.92 Å². The van der Waals surface area contributed by atoms with E-state index in [9.17, 15) is 14.7 Å². The van der Waals surface area contributed by atoms with Crippen molar-refractivity contribution in [2.45, 2.75) is 43.9 Å². The molecule has 3 N–H and O–H groups in total. The first kappa shape index (κ1) is 18.5. The number of thioether (sulfide) groups is 1. The normalized spacial score (nSPS) is 15.3. The molecule has 6 heteroatoms. The zero-order chi connectivity index (χ0) is 16.7. The van der Waals surface area contributed by atoms with E-state index in [1.165, 1.54) is 11.8 Å². The molecule has 0 saturated carbocycles. The van der Waals surface area contributed by atoms with E-state index >= 15 is 0 Å². The van der Waals surface area contributed by atoms with Crippen LogP contribution in [0.3, 0.4) is 0 Å². The van der Waals surface area contributed by atoms with Crippen LogP contribution in [0.5, 0.6) is 0 Å². The average molecular weight is 325 g/mol. The highest BCUT2D eigenvalue weighted by atomic mass is 32.2. The Morgan fingerprint density at radius 2 is 1.68 bits per heavy atom. The van der Waals surface area contributed by atoms with Gasteiger partial charge in [0.15, 0.2) is 0 Å². The van der Waals surface area contributed by atoms with Gasteiger partial charge in [-0.25, -0.2) is 0 Å². The van der Waals surface area contributed by atoms with Gasteiger partial charge in [-0.15, -0.1) is 11.8 Å². The molecular formula is C16H23NO4S. The minimum Gasteiger partial charge on any atom is -0.480 e. The quantitative estimate of drug-likeness (QED) is 0.605. The van der Waals surface area contributed by atoms with Crippen molar-refractivity contribution in [1.29, 1.82) is 0 Å². The molecule has 0 bridgehead atoms. The van der Waals surface area contributed by atoms with Gasteiger partial charge in [-0.1, -0.05) is 44.2 Å². The fourth-order valence-electron chi connectivity index (χ4n) is 2.00. The second-order valence-corrected chi connectivity index (χ2v) is 7.04. The van der Waals surface area contributed by atoms with Crippen LogP contribution in [0.1, 0.15) is 38.1 Å². The van der Waals surface area contributed by atoms with Crippen LogP contribution < -0.4 is 5.32 Å². The van der Waals surface area contributed by atoms with Crippen molar-refractivity contribution in [2.75, 3.05) is 0 Å². The highest BCUT2D eigenvalue weighted by Gasteiger charge is 2.26. The van der Waals surface area contributed by atoms with Gasteiger partial charge < -0.3 is 10.2 Å². The van der Waals surface area contributed by atoms with Crippen molar-refractivity contribution >= 4 is 23.7 Å². The van der Waals surface area contributed by atoms with Gasteiger partial charge in [-0.05, 0) is 24.8 Å². The molecular weight excluding hydrogens is 302 g/mol. The zero-order valence-electron chi connectivity index (χ0n) is 13.0. The van der Waals surface area contributed by atoms with Gasteiger partial charge in [0.2, 0.25) is 0 Å². The van der Waals surface area contributed by atoms with Gasteiger partial charge in [0.1, 0.15) is 11.3 Å². The third kappa shape index (κ3) is 6.07. The number of aliphatic carboxylic acids is 2. The lowest BCUT2D eigenvalue weighted by molar-refractivity contribution is -0.140. The maximum Gasteiger partial charge on any atom is 0.320 e. The molecule has 0 aromatic heterocycles. The number of benzene rings is 1. The Bertz CT molecular complexity index is 492. The molecule has 0 spiro atoms. The molecule has 3 atom stereocenters. The molecule has 122 valence electrons. The SMILES string of the molecule is CC(C)C[C@H](NC(S[C@H](C)C(=O)O)c1ccccc1)C(=O)O. The zero-order valence-corrected chi connectivity index (χ0v) is 13.8. The molecule has 0 fully saturated rings. The van der Waals surface area contributed by atoms with E-state index < -0.39 is 23.2 Å². The Balaban J connectivity index is 2.93. The third-order valence-corrected chi connectivity index (χ3v) is 4.44. The summed E-state index contributed by atoms with van der Waals surface area (Å²) in [5.74, 6) is -1.60. The lowest BCUT2D eigenvalue weighted by Crippen LogP contribution is -2.40. The smallest absolute Gasteiger partial charge is 0.320 e. The first-order valence-corrected chi connectivity index (χ1v) is 8.17. The molecule has 1 aromatic carbocycles. The second kappa shape index (κ2) is 8.80. The van der Waals surface area contributed by atoms with Crippen LogP contribution in [0.2, 0.25) is 0 Å². The minimum atomic E-state index is -0.918. The maximum atomic E-state index is 11.4. The number of nitrogens with one attached hydrogen (secondary N) is 1.